The van der Waals surface area contributed by atoms with E-state index < -0.39 is 17.7 Å². The van der Waals surface area contributed by atoms with Crippen molar-refractivity contribution in [3.05, 3.63) is 89.3 Å². The number of anilines is 1. The van der Waals surface area contributed by atoms with Crippen molar-refractivity contribution >= 4 is 22.5 Å². The van der Waals surface area contributed by atoms with E-state index in [1.54, 1.807) is 12.3 Å². The summed E-state index contributed by atoms with van der Waals surface area (Å²) in [7, 11) is 0. The molecule has 4 aliphatic rings. The number of ether oxygens (including phenoxy) is 1. The predicted octanol–water partition coefficient (Wildman–Crippen LogP) is 6.65. The first kappa shape index (κ1) is 25.8. The smallest absolute Gasteiger partial charge is 0.249 e. The van der Waals surface area contributed by atoms with Gasteiger partial charge >= 0.3 is 0 Å². The van der Waals surface area contributed by atoms with E-state index >= 15 is 0 Å². The number of aromatic nitrogens is 3. The molecule has 10 rings (SSSR count). The number of phenols is 1. The third-order valence-corrected chi connectivity index (χ3v) is 10.2. The van der Waals surface area contributed by atoms with E-state index in [9.17, 15) is 9.90 Å². The van der Waals surface area contributed by atoms with E-state index in [1.807, 2.05) is 45.2 Å². The third-order valence-electron chi connectivity index (χ3n) is 10.2. The molecule has 0 fully saturated rings. The Hall–Kier alpha value is -5.51. The van der Waals surface area contributed by atoms with E-state index in [0.717, 1.165) is 50.2 Å². The van der Waals surface area contributed by atoms with Crippen LogP contribution >= 0.6 is 0 Å². The lowest BCUT2D eigenvalue weighted by Crippen LogP contribution is -2.40. The lowest BCUT2D eigenvalue weighted by molar-refractivity contribution is -0.125. The zero-order valence-corrected chi connectivity index (χ0v) is 25.3. The molecule has 0 radical (unpaired) electrons. The number of benzene rings is 3. The minimum atomic E-state index is -0.962. The van der Waals surface area contributed by atoms with Gasteiger partial charge in [-0.25, -0.2) is 9.97 Å². The average molecular weight is 612 g/mol. The molecule has 0 aliphatic carbocycles. The Labute approximate surface area is 262 Å². The van der Waals surface area contributed by atoms with Crippen molar-refractivity contribution in [1.82, 2.24) is 20.3 Å². The molecule has 3 aromatic heterocycles. The molecule has 46 heavy (non-hydrogen) atoms. The van der Waals surface area contributed by atoms with Gasteiger partial charge in [-0.3, -0.25) is 4.79 Å². The molecular weight excluding hydrogens is 582 g/mol. The minimum Gasteiger partial charge on any atom is -0.506 e. The van der Waals surface area contributed by atoms with Gasteiger partial charge in [-0.2, -0.15) is 0 Å². The number of phenolic OH excluding ortho intramolecular Hbond substituents is 1. The molecule has 0 saturated carbocycles. The summed E-state index contributed by atoms with van der Waals surface area (Å²) in [6.07, 6.45) is 3.50. The molecule has 1 spiro atoms. The van der Waals surface area contributed by atoms with Crippen LogP contribution in [0.4, 0.5) is 5.69 Å². The number of aromatic amines is 1. The van der Waals surface area contributed by atoms with Gasteiger partial charge in [0.1, 0.15) is 23.0 Å². The number of nitrogens with one attached hydrogen (secondary N) is 3. The highest BCUT2D eigenvalue weighted by Crippen LogP contribution is 2.61. The fourth-order valence-electron chi connectivity index (χ4n) is 7.95. The van der Waals surface area contributed by atoms with Crippen LogP contribution in [0.15, 0.2) is 69.8 Å². The minimum absolute atomic E-state index is 0.0157. The molecule has 6 aromatic rings. The van der Waals surface area contributed by atoms with Crippen LogP contribution in [-0.2, 0) is 16.6 Å². The van der Waals surface area contributed by atoms with Crippen LogP contribution in [0.3, 0.4) is 0 Å². The van der Waals surface area contributed by atoms with Gasteiger partial charge in [0.05, 0.1) is 11.7 Å². The molecule has 4 aliphatic heterocycles. The van der Waals surface area contributed by atoms with E-state index in [4.69, 9.17) is 23.5 Å². The van der Waals surface area contributed by atoms with Crippen molar-refractivity contribution in [2.24, 2.45) is 11.8 Å². The first-order chi connectivity index (χ1) is 22.3. The number of oxazole rings is 2. The average Bonchev–Trinajstić information content (AvgIpc) is 3.85. The van der Waals surface area contributed by atoms with Crippen molar-refractivity contribution in [2.75, 3.05) is 5.32 Å². The number of hydrogen-bond acceptors (Lipinski definition) is 8. The zero-order chi connectivity index (χ0) is 31.1. The van der Waals surface area contributed by atoms with Gasteiger partial charge in [0.25, 0.3) is 0 Å². The lowest BCUT2D eigenvalue weighted by Gasteiger charge is -2.28. The predicted molar refractivity (Wildman–Crippen MR) is 169 cm³/mol. The third kappa shape index (κ3) is 3.08. The summed E-state index contributed by atoms with van der Waals surface area (Å²) in [6, 6.07) is 15.6. The number of hydrogen-bond donors (Lipinski definition) is 4. The normalized spacial score (nSPS) is 23.3. The number of H-pyrrole nitrogens is 1. The topological polar surface area (TPSA) is 138 Å². The molecule has 1 unspecified atom stereocenters. The molecule has 10 nitrogen and oxygen atoms in total. The molecule has 4 N–H and O–H groups in total. The van der Waals surface area contributed by atoms with Crippen LogP contribution in [0.5, 0.6) is 11.5 Å². The second kappa shape index (κ2) is 8.60. The van der Waals surface area contributed by atoms with Crippen LogP contribution < -0.4 is 15.4 Å². The molecular formula is C36H29N5O5. The summed E-state index contributed by atoms with van der Waals surface area (Å²) in [5, 5.41) is 18.7. The Bertz CT molecular complexity index is 2300. The summed E-state index contributed by atoms with van der Waals surface area (Å²) in [6.45, 7) is 6.03. The molecule has 228 valence electrons. The fourth-order valence-corrected chi connectivity index (χ4v) is 7.95. The first-order valence-corrected chi connectivity index (χ1v) is 15.6. The second-order valence-corrected chi connectivity index (χ2v) is 13.2. The number of carbonyl (C=O) groups excluding carboxylic acids is 1. The summed E-state index contributed by atoms with van der Waals surface area (Å²) in [5.74, 6) is 2.24. The number of amides is 1. The Balaban J connectivity index is 1.39. The molecule has 3 aromatic carbocycles. The lowest BCUT2D eigenvalue weighted by atomic mass is 9.72. The van der Waals surface area contributed by atoms with Gasteiger partial charge < -0.3 is 34.3 Å². The van der Waals surface area contributed by atoms with Crippen molar-refractivity contribution in [3.8, 4) is 45.5 Å². The van der Waals surface area contributed by atoms with Gasteiger partial charge in [0, 0.05) is 45.4 Å². The summed E-state index contributed by atoms with van der Waals surface area (Å²) in [5.41, 5.74) is 6.54. The highest BCUT2D eigenvalue weighted by Gasteiger charge is 2.61. The molecule has 1 amide bonds. The van der Waals surface area contributed by atoms with Crippen molar-refractivity contribution in [1.29, 1.82) is 0 Å². The van der Waals surface area contributed by atoms with Crippen LogP contribution in [-0.4, -0.2) is 32.2 Å². The second-order valence-electron chi connectivity index (χ2n) is 13.2. The largest absolute Gasteiger partial charge is 0.506 e. The highest BCUT2D eigenvalue weighted by atomic mass is 16.5. The van der Waals surface area contributed by atoms with Gasteiger partial charge in [-0.15, -0.1) is 0 Å². The Morgan fingerprint density at radius 1 is 1.02 bits per heavy atom. The van der Waals surface area contributed by atoms with Crippen LogP contribution in [0.25, 0.3) is 44.9 Å². The molecule has 0 saturated heterocycles. The number of aromatic hydroxyl groups is 1. The maximum absolute atomic E-state index is 13.5. The van der Waals surface area contributed by atoms with Gasteiger partial charge in [0.2, 0.25) is 17.7 Å². The van der Waals surface area contributed by atoms with Crippen molar-refractivity contribution < 1.29 is 23.5 Å². The van der Waals surface area contributed by atoms with E-state index in [1.165, 1.54) is 0 Å². The van der Waals surface area contributed by atoms with E-state index in [2.05, 4.69) is 39.9 Å². The maximum Gasteiger partial charge on any atom is 0.249 e. The molecule has 4 atom stereocenters. The van der Waals surface area contributed by atoms with Gasteiger partial charge in [-0.05, 0) is 41.7 Å². The molecule has 10 bridgehead atoms. The van der Waals surface area contributed by atoms with Crippen molar-refractivity contribution in [3.63, 3.8) is 0 Å². The Morgan fingerprint density at radius 3 is 2.78 bits per heavy atom. The van der Waals surface area contributed by atoms with Gasteiger partial charge in [0.15, 0.2) is 23.4 Å². The Kier molecular flexibility index (Phi) is 4.82. The van der Waals surface area contributed by atoms with Crippen molar-refractivity contribution in [2.45, 2.75) is 44.9 Å². The monoisotopic (exact) mass is 611 g/mol. The number of fused-ring (bicyclic) bond motifs is 7. The number of para-hydroxylation sites is 1. The van der Waals surface area contributed by atoms with Crippen LogP contribution in [0, 0.1) is 11.8 Å². The van der Waals surface area contributed by atoms with Crippen LogP contribution in [0.2, 0.25) is 0 Å². The van der Waals surface area contributed by atoms with Crippen LogP contribution in [0.1, 0.15) is 55.2 Å². The first-order valence-electron chi connectivity index (χ1n) is 15.6. The molecule has 10 heteroatoms. The van der Waals surface area contributed by atoms with E-state index in [-0.39, 0.29) is 29.4 Å². The number of carbonyl (C=O) groups is 1. The summed E-state index contributed by atoms with van der Waals surface area (Å²) in [4.78, 5) is 26.6. The maximum atomic E-state index is 13.5. The highest BCUT2D eigenvalue weighted by molar-refractivity contribution is 6.09. The standard InChI is InChI=1S/C36H29N5O5/c1-15(2)27-34-40-30-31(46-34)36-21-6-4-5-19(18-8-9-23(42)29-26(18)20(13-37-29)25-14-38-33(30)44-25)28(21)41-35(36)45-24-10-7-17(12-22(24)36)11-16(3)32(43)39-27/h4-10,12-16,27,35,37,41-42H,11H2,1-3H3,(H,39,43)/t16-,27-,35-,36?/m0/s1. The number of nitrogens with zero attached hydrogens (tertiary/aromatic N) is 2. The van der Waals surface area contributed by atoms with E-state index in [0.29, 0.717) is 35.0 Å². The zero-order valence-electron chi connectivity index (χ0n) is 25.3. The SMILES string of the molecule is CC(C)[C@@H]1NC(=O)[C@@H](C)Cc2ccc3c(c2)C24c5cccc(c5N[C@H]2O3)-c2ccc(O)c3[nH]cc(c23)-c2cnc(o2)-c2nc1oc24. The fraction of sp³-hybridized carbons (Fsp3) is 0.250. The summed E-state index contributed by atoms with van der Waals surface area (Å²) < 4.78 is 20.3. The van der Waals surface area contributed by atoms with Gasteiger partial charge in [-0.1, -0.05) is 51.1 Å². The number of rotatable bonds is 1. The quantitative estimate of drug-likeness (QED) is 0.162. The molecule has 7 heterocycles. The Morgan fingerprint density at radius 2 is 1.91 bits per heavy atom. The summed E-state index contributed by atoms with van der Waals surface area (Å²) >= 11 is 0.